The predicted octanol–water partition coefficient (Wildman–Crippen LogP) is 4.63. The quantitative estimate of drug-likeness (QED) is 0.617. The number of carbonyl (C=O) groups is 1. The number of nitrogens with one attached hydrogen (secondary N) is 1. The minimum absolute atomic E-state index is 0.100. The van der Waals surface area contributed by atoms with Gasteiger partial charge in [0.05, 0.1) is 11.9 Å². The SMILES string of the molecule is O=C(CCl)Nc1ccc(Oc2ccc(OCc3ccccc3)cc2)nc1. The summed E-state index contributed by atoms with van der Waals surface area (Å²) in [6.45, 7) is 0.512. The van der Waals surface area contributed by atoms with E-state index in [1.54, 1.807) is 12.1 Å². The van der Waals surface area contributed by atoms with Crippen molar-refractivity contribution in [2.75, 3.05) is 11.2 Å². The van der Waals surface area contributed by atoms with Crippen molar-refractivity contribution >= 4 is 23.2 Å². The third-order valence-corrected chi connectivity index (χ3v) is 3.68. The first-order valence-electron chi connectivity index (χ1n) is 7.99. The molecule has 0 atom stereocenters. The highest BCUT2D eigenvalue weighted by atomic mass is 35.5. The summed E-state index contributed by atoms with van der Waals surface area (Å²) in [7, 11) is 0. The zero-order valence-corrected chi connectivity index (χ0v) is 14.6. The summed E-state index contributed by atoms with van der Waals surface area (Å²) in [6.07, 6.45) is 1.51. The van der Waals surface area contributed by atoms with Crippen LogP contribution in [-0.2, 0) is 11.4 Å². The first-order chi connectivity index (χ1) is 12.7. The first-order valence-corrected chi connectivity index (χ1v) is 8.53. The molecule has 1 N–H and O–H groups in total. The summed E-state index contributed by atoms with van der Waals surface area (Å²) >= 11 is 5.44. The van der Waals surface area contributed by atoms with Crippen LogP contribution in [0.25, 0.3) is 0 Å². The van der Waals surface area contributed by atoms with Crippen LogP contribution in [0.4, 0.5) is 5.69 Å². The molecule has 5 nitrogen and oxygen atoms in total. The van der Waals surface area contributed by atoms with Crippen molar-refractivity contribution in [2.24, 2.45) is 0 Å². The lowest BCUT2D eigenvalue weighted by atomic mass is 10.2. The smallest absolute Gasteiger partial charge is 0.239 e. The zero-order valence-electron chi connectivity index (χ0n) is 13.9. The average molecular weight is 369 g/mol. The normalized spacial score (nSPS) is 10.2. The van der Waals surface area contributed by atoms with E-state index in [-0.39, 0.29) is 11.8 Å². The standard InChI is InChI=1S/C20H17ClN2O3/c21-12-19(24)23-16-6-11-20(22-13-16)26-18-9-7-17(8-10-18)25-14-15-4-2-1-3-5-15/h1-11,13H,12,14H2,(H,23,24). The number of anilines is 1. The van der Waals surface area contributed by atoms with Gasteiger partial charge in [0.2, 0.25) is 11.8 Å². The van der Waals surface area contributed by atoms with Crippen molar-refractivity contribution in [1.29, 1.82) is 0 Å². The van der Waals surface area contributed by atoms with Gasteiger partial charge in [-0.05, 0) is 35.9 Å². The Hall–Kier alpha value is -3.05. The van der Waals surface area contributed by atoms with E-state index in [9.17, 15) is 4.79 Å². The molecule has 6 heteroatoms. The number of ether oxygens (including phenoxy) is 2. The van der Waals surface area contributed by atoms with E-state index in [4.69, 9.17) is 21.1 Å². The maximum absolute atomic E-state index is 11.2. The molecule has 0 saturated carbocycles. The number of rotatable bonds is 7. The van der Waals surface area contributed by atoms with E-state index < -0.39 is 0 Å². The molecule has 0 radical (unpaired) electrons. The molecular formula is C20H17ClN2O3. The van der Waals surface area contributed by atoms with E-state index in [2.05, 4.69) is 10.3 Å². The molecular weight excluding hydrogens is 352 g/mol. The summed E-state index contributed by atoms with van der Waals surface area (Å²) in [5.41, 5.74) is 1.67. The average Bonchev–Trinajstić information content (AvgIpc) is 2.69. The van der Waals surface area contributed by atoms with Crippen molar-refractivity contribution < 1.29 is 14.3 Å². The number of amides is 1. The van der Waals surface area contributed by atoms with Crippen LogP contribution in [0, 0.1) is 0 Å². The van der Waals surface area contributed by atoms with Crippen LogP contribution in [0.15, 0.2) is 72.9 Å². The van der Waals surface area contributed by atoms with E-state index in [1.165, 1.54) is 6.20 Å². The van der Waals surface area contributed by atoms with Crippen molar-refractivity contribution in [3.05, 3.63) is 78.5 Å². The molecule has 1 aromatic heterocycles. The molecule has 3 rings (SSSR count). The Morgan fingerprint density at radius 3 is 2.35 bits per heavy atom. The van der Waals surface area contributed by atoms with Gasteiger partial charge in [-0.2, -0.15) is 0 Å². The van der Waals surface area contributed by atoms with E-state index in [0.717, 1.165) is 11.3 Å². The maximum atomic E-state index is 11.2. The van der Waals surface area contributed by atoms with E-state index in [0.29, 0.717) is 23.9 Å². The van der Waals surface area contributed by atoms with Gasteiger partial charge in [-0.25, -0.2) is 4.98 Å². The molecule has 2 aromatic carbocycles. The Balaban J connectivity index is 1.54. The van der Waals surface area contributed by atoms with Gasteiger partial charge in [0.25, 0.3) is 0 Å². The van der Waals surface area contributed by atoms with Crippen LogP contribution in [-0.4, -0.2) is 16.8 Å². The van der Waals surface area contributed by atoms with Gasteiger partial charge >= 0.3 is 0 Å². The second kappa shape index (κ2) is 8.87. The highest BCUT2D eigenvalue weighted by Gasteiger charge is 2.03. The lowest BCUT2D eigenvalue weighted by Gasteiger charge is -2.09. The molecule has 132 valence electrons. The van der Waals surface area contributed by atoms with Crippen LogP contribution < -0.4 is 14.8 Å². The van der Waals surface area contributed by atoms with Crippen molar-refractivity contribution in [3.8, 4) is 17.4 Å². The van der Waals surface area contributed by atoms with Gasteiger partial charge in [-0.3, -0.25) is 4.79 Å². The molecule has 1 heterocycles. The Bertz CT molecular complexity index is 837. The third-order valence-electron chi connectivity index (χ3n) is 3.44. The van der Waals surface area contributed by atoms with Gasteiger partial charge in [-0.15, -0.1) is 11.6 Å². The Morgan fingerprint density at radius 1 is 0.962 bits per heavy atom. The number of halogens is 1. The minimum Gasteiger partial charge on any atom is -0.489 e. The number of hydrogen-bond acceptors (Lipinski definition) is 4. The van der Waals surface area contributed by atoms with E-state index in [1.807, 2.05) is 54.6 Å². The molecule has 0 aliphatic rings. The Kier molecular flexibility index (Phi) is 6.06. The zero-order chi connectivity index (χ0) is 18.2. The van der Waals surface area contributed by atoms with Crippen LogP contribution in [0.1, 0.15) is 5.56 Å². The molecule has 0 saturated heterocycles. The number of carbonyl (C=O) groups excluding carboxylic acids is 1. The molecule has 1 amide bonds. The fraction of sp³-hybridized carbons (Fsp3) is 0.100. The molecule has 0 unspecified atom stereocenters. The summed E-state index contributed by atoms with van der Waals surface area (Å²) in [4.78, 5) is 15.4. The van der Waals surface area contributed by atoms with Crippen molar-refractivity contribution in [1.82, 2.24) is 4.98 Å². The Morgan fingerprint density at radius 2 is 1.69 bits per heavy atom. The van der Waals surface area contributed by atoms with Gasteiger partial charge in [0.15, 0.2) is 0 Å². The van der Waals surface area contributed by atoms with Crippen LogP contribution in [0.3, 0.4) is 0 Å². The summed E-state index contributed by atoms with van der Waals surface area (Å²) in [6, 6.07) is 20.6. The highest BCUT2D eigenvalue weighted by molar-refractivity contribution is 6.29. The van der Waals surface area contributed by atoms with Crippen molar-refractivity contribution in [2.45, 2.75) is 6.61 Å². The van der Waals surface area contributed by atoms with Crippen LogP contribution in [0.5, 0.6) is 17.4 Å². The molecule has 3 aromatic rings. The number of alkyl halides is 1. The highest BCUT2D eigenvalue weighted by Crippen LogP contribution is 2.23. The van der Waals surface area contributed by atoms with Crippen LogP contribution in [0.2, 0.25) is 0 Å². The molecule has 0 aliphatic carbocycles. The van der Waals surface area contributed by atoms with E-state index >= 15 is 0 Å². The van der Waals surface area contributed by atoms with Crippen LogP contribution >= 0.6 is 11.6 Å². The van der Waals surface area contributed by atoms with Gasteiger partial charge < -0.3 is 14.8 Å². The van der Waals surface area contributed by atoms with Gasteiger partial charge in [0.1, 0.15) is 24.0 Å². The number of benzene rings is 2. The maximum Gasteiger partial charge on any atom is 0.239 e. The number of aromatic nitrogens is 1. The second-order valence-electron chi connectivity index (χ2n) is 5.41. The van der Waals surface area contributed by atoms with Crippen molar-refractivity contribution in [3.63, 3.8) is 0 Å². The molecule has 0 bridgehead atoms. The fourth-order valence-electron chi connectivity index (χ4n) is 2.17. The first kappa shape index (κ1) is 17.8. The minimum atomic E-state index is -0.284. The summed E-state index contributed by atoms with van der Waals surface area (Å²) < 4.78 is 11.4. The summed E-state index contributed by atoms with van der Waals surface area (Å²) in [5, 5.41) is 2.61. The predicted molar refractivity (Wildman–Crippen MR) is 101 cm³/mol. The lowest BCUT2D eigenvalue weighted by Crippen LogP contribution is -2.12. The molecule has 0 aliphatic heterocycles. The van der Waals surface area contributed by atoms with Gasteiger partial charge in [0, 0.05) is 6.07 Å². The monoisotopic (exact) mass is 368 g/mol. The van der Waals surface area contributed by atoms with Gasteiger partial charge in [-0.1, -0.05) is 30.3 Å². The Labute approximate surface area is 156 Å². The fourth-order valence-corrected chi connectivity index (χ4v) is 2.24. The summed E-state index contributed by atoms with van der Waals surface area (Å²) in [5.74, 6) is 1.44. The molecule has 26 heavy (non-hydrogen) atoms. The third kappa shape index (κ3) is 5.22. The number of nitrogens with zero attached hydrogens (tertiary/aromatic N) is 1. The molecule has 0 fully saturated rings. The lowest BCUT2D eigenvalue weighted by molar-refractivity contribution is -0.113. The number of pyridine rings is 1. The number of hydrogen-bond donors (Lipinski definition) is 1. The second-order valence-corrected chi connectivity index (χ2v) is 5.68. The molecule has 0 spiro atoms. The largest absolute Gasteiger partial charge is 0.489 e. The topological polar surface area (TPSA) is 60.5 Å².